The molecule has 2 aliphatic rings. The molecule has 0 aliphatic carbocycles. The molecule has 0 spiro atoms. The summed E-state index contributed by atoms with van der Waals surface area (Å²) in [5.74, 6) is -0.264. The largest absolute Gasteiger partial charge is 0.302 e. The molecule has 2 fully saturated rings. The number of carbonyl (C=O) groups is 1. The highest BCUT2D eigenvalue weighted by Gasteiger charge is 2.31. The summed E-state index contributed by atoms with van der Waals surface area (Å²) in [5.41, 5.74) is 2.90. The van der Waals surface area contributed by atoms with Gasteiger partial charge in [0, 0.05) is 30.6 Å². The van der Waals surface area contributed by atoms with E-state index in [4.69, 9.17) is 0 Å². The van der Waals surface area contributed by atoms with E-state index in [1.54, 1.807) is 24.3 Å². The first-order chi connectivity index (χ1) is 18.4. The van der Waals surface area contributed by atoms with E-state index >= 15 is 0 Å². The summed E-state index contributed by atoms with van der Waals surface area (Å²) >= 11 is 0. The van der Waals surface area contributed by atoms with Crippen LogP contribution in [0.2, 0.25) is 0 Å². The number of ketones is 1. The Morgan fingerprint density at radius 1 is 0.711 bits per heavy atom. The first kappa shape index (κ1) is 26.6. The number of likely N-dealkylation sites (tertiary alicyclic amines) is 2. The van der Waals surface area contributed by atoms with Gasteiger partial charge in [0.1, 0.15) is 17.5 Å². The van der Waals surface area contributed by atoms with Crippen LogP contribution in [0, 0.1) is 23.4 Å². The average Bonchev–Trinajstić information content (AvgIpc) is 2.94. The van der Waals surface area contributed by atoms with Gasteiger partial charge in [0.25, 0.3) is 0 Å². The Bertz CT molecular complexity index is 1190. The summed E-state index contributed by atoms with van der Waals surface area (Å²) < 4.78 is 40.2. The fraction of sp³-hybridized carbons (Fsp3) is 0.406. The van der Waals surface area contributed by atoms with Crippen LogP contribution in [-0.2, 0) is 6.42 Å². The van der Waals surface area contributed by atoms with Crippen molar-refractivity contribution in [1.82, 2.24) is 9.80 Å². The van der Waals surface area contributed by atoms with Crippen LogP contribution in [0.5, 0.6) is 0 Å². The maximum atomic E-state index is 13.5. The van der Waals surface area contributed by atoms with Gasteiger partial charge in [-0.2, -0.15) is 0 Å². The van der Waals surface area contributed by atoms with E-state index in [1.165, 1.54) is 29.8 Å². The van der Waals surface area contributed by atoms with Gasteiger partial charge in [-0.3, -0.25) is 9.69 Å². The third kappa shape index (κ3) is 6.72. The second kappa shape index (κ2) is 12.3. The molecule has 0 N–H and O–H groups in total. The molecule has 2 saturated heterocycles. The predicted octanol–water partition coefficient (Wildman–Crippen LogP) is 6.49. The molecule has 2 unspecified atom stereocenters. The van der Waals surface area contributed by atoms with Crippen LogP contribution in [0.4, 0.5) is 13.2 Å². The predicted molar refractivity (Wildman–Crippen MR) is 144 cm³/mol. The number of halogens is 3. The van der Waals surface area contributed by atoms with Crippen molar-refractivity contribution in [3.05, 3.63) is 107 Å². The Morgan fingerprint density at radius 2 is 1.29 bits per heavy atom. The number of hydrogen-bond acceptors (Lipinski definition) is 3. The Balaban J connectivity index is 1.17. The van der Waals surface area contributed by atoms with E-state index < -0.39 is 0 Å². The summed E-state index contributed by atoms with van der Waals surface area (Å²) in [6.45, 7) is 4.61. The van der Waals surface area contributed by atoms with Gasteiger partial charge in [0.2, 0.25) is 0 Å². The van der Waals surface area contributed by atoms with Crippen LogP contribution < -0.4 is 0 Å². The minimum atomic E-state index is -0.323. The van der Waals surface area contributed by atoms with Crippen LogP contribution in [0.3, 0.4) is 0 Å². The molecule has 0 aromatic heterocycles. The molecule has 200 valence electrons. The highest BCUT2D eigenvalue weighted by molar-refractivity contribution is 5.97. The molecular formula is C32H35F3N2O. The minimum Gasteiger partial charge on any atom is -0.302 e. The summed E-state index contributed by atoms with van der Waals surface area (Å²) in [6, 6.07) is 19.9. The van der Waals surface area contributed by atoms with Gasteiger partial charge in [0.15, 0.2) is 5.78 Å². The maximum Gasteiger partial charge on any atom is 0.166 e. The van der Waals surface area contributed by atoms with Gasteiger partial charge in [-0.1, -0.05) is 24.3 Å². The molecule has 5 rings (SSSR count). The van der Waals surface area contributed by atoms with E-state index in [2.05, 4.69) is 9.80 Å². The number of benzene rings is 3. The second-order valence-electron chi connectivity index (χ2n) is 10.8. The van der Waals surface area contributed by atoms with E-state index in [1.807, 2.05) is 24.3 Å². The van der Waals surface area contributed by atoms with Crippen molar-refractivity contribution in [3.63, 3.8) is 0 Å². The number of nitrogens with zero attached hydrogens (tertiary/aromatic N) is 2. The molecular weight excluding hydrogens is 485 g/mol. The van der Waals surface area contributed by atoms with Crippen LogP contribution in [0.15, 0.2) is 72.8 Å². The van der Waals surface area contributed by atoms with Gasteiger partial charge in [-0.25, -0.2) is 13.2 Å². The summed E-state index contributed by atoms with van der Waals surface area (Å²) in [7, 11) is 0. The number of Topliss-reactive ketones (excluding diaryl/α,β-unsaturated/α-hetero) is 1. The molecule has 2 heterocycles. The van der Waals surface area contributed by atoms with Crippen LogP contribution >= 0.6 is 0 Å². The highest BCUT2D eigenvalue weighted by atomic mass is 19.1. The van der Waals surface area contributed by atoms with Crippen LogP contribution in [0.1, 0.15) is 53.1 Å². The van der Waals surface area contributed by atoms with Crippen LogP contribution in [0.25, 0.3) is 0 Å². The fourth-order valence-electron chi connectivity index (χ4n) is 6.08. The van der Waals surface area contributed by atoms with E-state index in [0.29, 0.717) is 17.5 Å². The Labute approximate surface area is 223 Å². The molecule has 0 amide bonds. The Kier molecular flexibility index (Phi) is 8.60. The van der Waals surface area contributed by atoms with Crippen molar-refractivity contribution < 1.29 is 18.0 Å². The molecule has 3 aromatic rings. The lowest BCUT2D eigenvalue weighted by Gasteiger charge is -2.41. The van der Waals surface area contributed by atoms with E-state index in [-0.39, 0.29) is 29.2 Å². The third-order valence-electron chi connectivity index (χ3n) is 8.35. The second-order valence-corrected chi connectivity index (χ2v) is 10.8. The first-order valence-corrected chi connectivity index (χ1v) is 13.7. The van der Waals surface area contributed by atoms with Gasteiger partial charge in [-0.05, 0) is 117 Å². The monoisotopic (exact) mass is 520 g/mol. The lowest BCUT2D eigenvalue weighted by molar-refractivity contribution is 0.0791. The SMILES string of the molecule is O=C(c1ccc(F)cc1)C1CCN(CCN2CCC(c3ccc(F)cc3)CC2Cc2ccc(F)cc2)CC1. The topological polar surface area (TPSA) is 23.6 Å². The summed E-state index contributed by atoms with van der Waals surface area (Å²) in [6.07, 6.45) is 4.51. The van der Waals surface area contributed by atoms with Gasteiger partial charge in [-0.15, -0.1) is 0 Å². The molecule has 2 atom stereocenters. The van der Waals surface area contributed by atoms with Gasteiger partial charge in [0.05, 0.1) is 0 Å². The molecule has 0 saturated carbocycles. The Morgan fingerprint density at radius 3 is 1.92 bits per heavy atom. The van der Waals surface area contributed by atoms with Crippen molar-refractivity contribution in [2.75, 3.05) is 32.7 Å². The standard InChI is InChI=1S/C32H35F3N2O/c33-28-7-1-23(2-8-28)21-31-22-27(24-3-9-29(34)10-4-24)15-18-37(31)20-19-36-16-13-26(14-17-36)32(38)25-5-11-30(35)12-6-25/h1-12,26-27,31H,13-22H2. The smallest absolute Gasteiger partial charge is 0.166 e. The number of piperidine rings is 2. The molecule has 0 radical (unpaired) electrons. The molecule has 2 aliphatic heterocycles. The quantitative estimate of drug-likeness (QED) is 0.317. The third-order valence-corrected chi connectivity index (χ3v) is 8.35. The van der Waals surface area contributed by atoms with Crippen molar-refractivity contribution in [3.8, 4) is 0 Å². The lowest BCUT2D eigenvalue weighted by Crippen LogP contribution is -2.47. The number of carbonyl (C=O) groups excluding carboxylic acids is 1. The first-order valence-electron chi connectivity index (χ1n) is 13.7. The molecule has 6 heteroatoms. The van der Waals surface area contributed by atoms with E-state index in [0.717, 1.165) is 70.4 Å². The zero-order valence-electron chi connectivity index (χ0n) is 21.7. The lowest BCUT2D eigenvalue weighted by atomic mass is 9.83. The Hall–Kier alpha value is -2.96. The zero-order valence-corrected chi connectivity index (χ0v) is 21.7. The summed E-state index contributed by atoms with van der Waals surface area (Å²) in [5, 5.41) is 0. The van der Waals surface area contributed by atoms with Crippen molar-refractivity contribution >= 4 is 5.78 Å². The molecule has 38 heavy (non-hydrogen) atoms. The van der Waals surface area contributed by atoms with Crippen molar-refractivity contribution in [2.45, 2.75) is 44.1 Å². The molecule has 3 nitrogen and oxygen atoms in total. The van der Waals surface area contributed by atoms with Crippen molar-refractivity contribution in [2.24, 2.45) is 5.92 Å². The average molecular weight is 521 g/mol. The van der Waals surface area contributed by atoms with Crippen molar-refractivity contribution in [1.29, 1.82) is 0 Å². The van der Waals surface area contributed by atoms with E-state index in [9.17, 15) is 18.0 Å². The maximum absolute atomic E-state index is 13.5. The number of rotatable bonds is 8. The normalized spacial score (nSPS) is 21.4. The summed E-state index contributed by atoms with van der Waals surface area (Å²) in [4.78, 5) is 17.8. The van der Waals surface area contributed by atoms with Crippen LogP contribution in [-0.4, -0.2) is 54.3 Å². The zero-order chi connectivity index (χ0) is 26.5. The fourth-order valence-corrected chi connectivity index (χ4v) is 6.08. The van der Waals surface area contributed by atoms with Gasteiger partial charge >= 0.3 is 0 Å². The number of hydrogen-bond donors (Lipinski definition) is 0. The highest BCUT2D eigenvalue weighted by Crippen LogP contribution is 2.33. The van der Waals surface area contributed by atoms with Gasteiger partial charge < -0.3 is 4.90 Å². The molecule has 3 aromatic carbocycles. The minimum absolute atomic E-state index is 0.00519. The molecule has 0 bridgehead atoms.